The standard InChI is InChI=1S/C22H43N/c1-6-9-11-13-15-17-20-21(19-16-14-12-10-7-2)22(18-8-3)23(4)5/h8,18,21H,3,6-7,9-17,19-20H2,1-2,4-5H3/b22-18-. The Balaban J connectivity index is 4.30. The molecule has 1 unspecified atom stereocenters. The molecular weight excluding hydrogens is 278 g/mol. The third kappa shape index (κ3) is 12.4. The van der Waals surface area contributed by atoms with Gasteiger partial charge in [-0.3, -0.25) is 0 Å². The van der Waals surface area contributed by atoms with Gasteiger partial charge in [0.2, 0.25) is 0 Å². The average molecular weight is 322 g/mol. The number of allylic oxidation sites excluding steroid dienone is 3. The molecule has 0 aliphatic heterocycles. The van der Waals surface area contributed by atoms with Gasteiger partial charge in [-0.2, -0.15) is 0 Å². The predicted molar refractivity (Wildman–Crippen MR) is 107 cm³/mol. The lowest BCUT2D eigenvalue weighted by molar-refractivity contribution is 0.361. The van der Waals surface area contributed by atoms with Crippen LogP contribution >= 0.6 is 0 Å². The summed E-state index contributed by atoms with van der Waals surface area (Å²) in [7, 11) is 4.36. The molecule has 23 heavy (non-hydrogen) atoms. The van der Waals surface area contributed by atoms with Crippen molar-refractivity contribution in [3.8, 4) is 0 Å². The van der Waals surface area contributed by atoms with Crippen LogP contribution in [-0.2, 0) is 0 Å². The van der Waals surface area contributed by atoms with Gasteiger partial charge >= 0.3 is 0 Å². The molecule has 1 heteroatoms. The second-order valence-corrected chi connectivity index (χ2v) is 7.18. The van der Waals surface area contributed by atoms with Crippen LogP contribution in [0.15, 0.2) is 24.4 Å². The van der Waals surface area contributed by atoms with Crippen LogP contribution in [-0.4, -0.2) is 19.0 Å². The van der Waals surface area contributed by atoms with Gasteiger partial charge in [0, 0.05) is 19.8 Å². The molecule has 0 saturated heterocycles. The number of hydrogen-bond donors (Lipinski definition) is 0. The van der Waals surface area contributed by atoms with Crippen LogP contribution in [0.5, 0.6) is 0 Å². The molecule has 0 aromatic rings. The average Bonchev–Trinajstić information content (AvgIpc) is 2.53. The molecule has 0 fully saturated rings. The molecule has 0 aliphatic carbocycles. The quantitative estimate of drug-likeness (QED) is 0.212. The van der Waals surface area contributed by atoms with E-state index in [4.69, 9.17) is 0 Å². The summed E-state index contributed by atoms with van der Waals surface area (Å²) < 4.78 is 0. The zero-order valence-electron chi connectivity index (χ0n) is 16.6. The van der Waals surface area contributed by atoms with Crippen molar-refractivity contribution in [3.05, 3.63) is 24.4 Å². The van der Waals surface area contributed by atoms with Gasteiger partial charge in [0.15, 0.2) is 0 Å². The maximum absolute atomic E-state index is 3.91. The van der Waals surface area contributed by atoms with E-state index in [0.29, 0.717) is 0 Å². The zero-order valence-corrected chi connectivity index (χ0v) is 16.6. The first-order chi connectivity index (χ1) is 11.2. The van der Waals surface area contributed by atoms with Crippen LogP contribution in [0.1, 0.15) is 97.3 Å². The van der Waals surface area contributed by atoms with Gasteiger partial charge in [0.1, 0.15) is 0 Å². The van der Waals surface area contributed by atoms with E-state index in [0.717, 1.165) is 5.92 Å². The summed E-state index contributed by atoms with van der Waals surface area (Å²) in [5.41, 5.74) is 1.48. The molecule has 0 amide bonds. The highest BCUT2D eigenvalue weighted by Crippen LogP contribution is 2.27. The molecule has 0 saturated carbocycles. The minimum absolute atomic E-state index is 0.718. The van der Waals surface area contributed by atoms with Crippen LogP contribution in [0.3, 0.4) is 0 Å². The fourth-order valence-corrected chi connectivity index (χ4v) is 3.38. The van der Waals surface area contributed by atoms with E-state index < -0.39 is 0 Å². The van der Waals surface area contributed by atoms with Crippen molar-refractivity contribution in [1.82, 2.24) is 4.90 Å². The lowest BCUT2D eigenvalue weighted by Crippen LogP contribution is -2.19. The molecule has 0 aromatic heterocycles. The van der Waals surface area contributed by atoms with Gasteiger partial charge in [-0.15, -0.1) is 0 Å². The molecule has 136 valence electrons. The summed E-state index contributed by atoms with van der Waals surface area (Å²) in [4.78, 5) is 2.30. The molecule has 0 aromatic carbocycles. The number of hydrogen-bond acceptors (Lipinski definition) is 1. The van der Waals surface area contributed by atoms with Gasteiger partial charge in [-0.1, -0.05) is 97.1 Å². The van der Waals surface area contributed by atoms with E-state index in [9.17, 15) is 0 Å². The SMILES string of the molecule is C=C/C=C(/C(CCCCCCC)CCCCCCCC)N(C)C. The highest BCUT2D eigenvalue weighted by Gasteiger charge is 2.15. The van der Waals surface area contributed by atoms with E-state index in [-0.39, 0.29) is 0 Å². The van der Waals surface area contributed by atoms with Crippen molar-refractivity contribution >= 4 is 0 Å². The monoisotopic (exact) mass is 321 g/mol. The maximum atomic E-state index is 3.91. The first kappa shape index (κ1) is 22.3. The highest BCUT2D eigenvalue weighted by molar-refractivity contribution is 5.12. The molecule has 0 spiro atoms. The van der Waals surface area contributed by atoms with Gasteiger partial charge in [-0.25, -0.2) is 0 Å². The smallest absolute Gasteiger partial charge is 0.0159 e. The molecule has 0 rings (SSSR count). The Bertz CT molecular complexity index is 290. The molecular formula is C22H43N. The van der Waals surface area contributed by atoms with Gasteiger partial charge in [-0.05, 0) is 24.8 Å². The molecule has 0 heterocycles. The Hall–Kier alpha value is -0.720. The van der Waals surface area contributed by atoms with Crippen LogP contribution in [0, 0.1) is 5.92 Å². The summed E-state index contributed by atoms with van der Waals surface area (Å²) in [6.07, 6.45) is 22.1. The van der Waals surface area contributed by atoms with Crippen LogP contribution in [0.2, 0.25) is 0 Å². The minimum atomic E-state index is 0.718. The second-order valence-electron chi connectivity index (χ2n) is 7.18. The predicted octanol–water partition coefficient (Wildman–Crippen LogP) is 7.35. The van der Waals surface area contributed by atoms with Gasteiger partial charge < -0.3 is 4.90 Å². The summed E-state index contributed by atoms with van der Waals surface area (Å²) in [5, 5.41) is 0. The molecule has 0 radical (unpaired) electrons. The molecule has 0 N–H and O–H groups in total. The van der Waals surface area contributed by atoms with E-state index in [1.54, 1.807) is 0 Å². The van der Waals surface area contributed by atoms with Crippen molar-refractivity contribution < 1.29 is 0 Å². The molecule has 1 nitrogen and oxygen atoms in total. The van der Waals surface area contributed by atoms with Crippen molar-refractivity contribution in [2.45, 2.75) is 97.3 Å². The van der Waals surface area contributed by atoms with E-state index in [2.05, 4.69) is 45.5 Å². The van der Waals surface area contributed by atoms with Crippen molar-refractivity contribution in [1.29, 1.82) is 0 Å². The third-order valence-corrected chi connectivity index (χ3v) is 4.79. The van der Waals surface area contributed by atoms with E-state index in [1.807, 2.05) is 6.08 Å². The second kappa shape index (κ2) is 16.1. The summed E-state index contributed by atoms with van der Waals surface area (Å²) in [6, 6.07) is 0. The Labute approximate surface area is 147 Å². The topological polar surface area (TPSA) is 3.24 Å². The lowest BCUT2D eigenvalue weighted by Gasteiger charge is -2.26. The molecule has 1 atom stereocenters. The first-order valence-corrected chi connectivity index (χ1v) is 10.2. The number of rotatable bonds is 16. The molecule has 0 aliphatic rings. The Morgan fingerprint density at radius 3 is 1.61 bits per heavy atom. The fourth-order valence-electron chi connectivity index (χ4n) is 3.38. The summed E-state index contributed by atoms with van der Waals surface area (Å²) in [6.45, 7) is 8.49. The van der Waals surface area contributed by atoms with Crippen molar-refractivity contribution in [2.24, 2.45) is 5.92 Å². The van der Waals surface area contributed by atoms with E-state index >= 15 is 0 Å². The largest absolute Gasteiger partial charge is 0.381 e. The van der Waals surface area contributed by atoms with Crippen molar-refractivity contribution in [3.63, 3.8) is 0 Å². The minimum Gasteiger partial charge on any atom is -0.381 e. The van der Waals surface area contributed by atoms with Gasteiger partial charge in [0.25, 0.3) is 0 Å². The Morgan fingerprint density at radius 2 is 1.22 bits per heavy atom. The zero-order chi connectivity index (χ0) is 17.3. The Morgan fingerprint density at radius 1 is 0.783 bits per heavy atom. The number of unbranched alkanes of at least 4 members (excludes halogenated alkanes) is 9. The fraction of sp³-hybridized carbons (Fsp3) is 0.818. The van der Waals surface area contributed by atoms with Crippen LogP contribution in [0.4, 0.5) is 0 Å². The normalized spacial score (nSPS) is 13.1. The third-order valence-electron chi connectivity index (χ3n) is 4.79. The highest BCUT2D eigenvalue weighted by atomic mass is 15.1. The van der Waals surface area contributed by atoms with Gasteiger partial charge in [0.05, 0.1) is 0 Å². The Kier molecular flexibility index (Phi) is 15.6. The lowest BCUT2D eigenvalue weighted by atomic mass is 9.90. The summed E-state index contributed by atoms with van der Waals surface area (Å²) in [5.74, 6) is 0.718. The summed E-state index contributed by atoms with van der Waals surface area (Å²) >= 11 is 0. The van der Waals surface area contributed by atoms with Crippen LogP contribution in [0.25, 0.3) is 0 Å². The molecule has 0 bridgehead atoms. The number of nitrogens with zero attached hydrogens (tertiary/aromatic N) is 1. The maximum Gasteiger partial charge on any atom is 0.0159 e. The first-order valence-electron chi connectivity index (χ1n) is 10.2. The van der Waals surface area contributed by atoms with E-state index in [1.165, 1.54) is 89.2 Å². The van der Waals surface area contributed by atoms with Crippen LogP contribution < -0.4 is 0 Å². The van der Waals surface area contributed by atoms with Crippen molar-refractivity contribution in [2.75, 3.05) is 14.1 Å².